The zero-order chi connectivity index (χ0) is 8.49. The van der Waals surface area contributed by atoms with Crippen molar-refractivity contribution in [1.82, 2.24) is 0 Å². The zero-order valence-corrected chi connectivity index (χ0v) is 7.11. The second kappa shape index (κ2) is 6.41. The van der Waals surface area contributed by atoms with Gasteiger partial charge in [0, 0.05) is 0 Å². The van der Waals surface area contributed by atoms with Gasteiger partial charge in [0.05, 0.1) is 0 Å². The monoisotopic (exact) mass is 157 g/mol. The molecule has 0 heteroatoms. The molecule has 1 aliphatic rings. The van der Waals surface area contributed by atoms with Crippen molar-refractivity contribution in [2.24, 2.45) is 0 Å². The summed E-state index contributed by atoms with van der Waals surface area (Å²) in [6.07, 6.45) is 23.5. The Hall–Kier alpha value is -1.30. The van der Waals surface area contributed by atoms with E-state index in [4.69, 9.17) is 0 Å². The summed E-state index contributed by atoms with van der Waals surface area (Å²) in [6, 6.07) is 0. The van der Waals surface area contributed by atoms with Gasteiger partial charge in [-0.1, -0.05) is 54.7 Å². The van der Waals surface area contributed by atoms with E-state index in [0.29, 0.717) is 0 Å². The molecule has 0 N–H and O–H groups in total. The summed E-state index contributed by atoms with van der Waals surface area (Å²) in [4.78, 5) is 0. The normalized spacial score (nSPS) is 30.7. The predicted molar refractivity (Wildman–Crippen MR) is 53.6 cm³/mol. The van der Waals surface area contributed by atoms with E-state index in [1.54, 1.807) is 0 Å². The first-order valence-electron chi connectivity index (χ1n) is 4.20. The molecule has 0 unspecified atom stereocenters. The van der Waals surface area contributed by atoms with Gasteiger partial charge in [-0.25, -0.2) is 0 Å². The SMILES string of the molecule is [C]1=C/C=C/C=C\C=C\C/C=C\C\1. The van der Waals surface area contributed by atoms with Crippen molar-refractivity contribution in [1.29, 1.82) is 0 Å². The molecule has 0 amide bonds. The van der Waals surface area contributed by atoms with Gasteiger partial charge in [-0.05, 0) is 18.9 Å². The summed E-state index contributed by atoms with van der Waals surface area (Å²) in [5.41, 5.74) is 0. The Kier molecular flexibility index (Phi) is 4.70. The summed E-state index contributed by atoms with van der Waals surface area (Å²) in [5, 5.41) is 0. The molecule has 1 rings (SSSR count). The lowest BCUT2D eigenvalue weighted by atomic mass is 10.2. The maximum atomic E-state index is 3.15. The van der Waals surface area contributed by atoms with Crippen LogP contribution in [0.1, 0.15) is 12.8 Å². The maximum absolute atomic E-state index is 3.15. The first kappa shape index (κ1) is 8.79. The van der Waals surface area contributed by atoms with Crippen molar-refractivity contribution in [3.63, 3.8) is 0 Å². The van der Waals surface area contributed by atoms with Gasteiger partial charge >= 0.3 is 0 Å². The predicted octanol–water partition coefficient (Wildman–Crippen LogP) is 3.36. The smallest absolute Gasteiger partial charge is 0.00945 e. The molecule has 0 aliphatic heterocycles. The van der Waals surface area contributed by atoms with Crippen molar-refractivity contribution in [2.75, 3.05) is 0 Å². The maximum Gasteiger partial charge on any atom is -0.00945 e. The lowest BCUT2D eigenvalue weighted by Gasteiger charge is -1.82. The van der Waals surface area contributed by atoms with E-state index >= 15 is 0 Å². The van der Waals surface area contributed by atoms with Gasteiger partial charge in [-0.3, -0.25) is 0 Å². The van der Waals surface area contributed by atoms with E-state index in [9.17, 15) is 0 Å². The number of rotatable bonds is 0. The van der Waals surface area contributed by atoms with E-state index in [2.05, 4.69) is 30.4 Å². The van der Waals surface area contributed by atoms with Crippen LogP contribution in [-0.2, 0) is 0 Å². The third kappa shape index (κ3) is 4.51. The number of allylic oxidation sites excluding steroid dienone is 10. The van der Waals surface area contributed by atoms with Crippen LogP contribution in [-0.4, -0.2) is 0 Å². The molecule has 1 aliphatic carbocycles. The van der Waals surface area contributed by atoms with E-state index < -0.39 is 0 Å². The Morgan fingerprint density at radius 3 is 2.58 bits per heavy atom. The van der Waals surface area contributed by atoms with E-state index in [0.717, 1.165) is 12.8 Å². The molecule has 0 spiro atoms. The average Bonchev–Trinajstić information content (AvgIpc) is 2.05. The van der Waals surface area contributed by atoms with Crippen LogP contribution in [0.5, 0.6) is 0 Å². The van der Waals surface area contributed by atoms with Crippen LogP contribution in [0.25, 0.3) is 0 Å². The first-order valence-corrected chi connectivity index (χ1v) is 4.20. The molecule has 1 radical (unpaired) electrons. The van der Waals surface area contributed by atoms with Crippen molar-refractivity contribution >= 4 is 0 Å². The van der Waals surface area contributed by atoms with Crippen LogP contribution < -0.4 is 0 Å². The Labute approximate surface area is 74.3 Å². The minimum absolute atomic E-state index is 0.905. The second-order valence-electron chi connectivity index (χ2n) is 2.48. The average molecular weight is 157 g/mol. The van der Waals surface area contributed by atoms with Crippen LogP contribution in [0, 0.1) is 6.08 Å². The Morgan fingerprint density at radius 1 is 0.750 bits per heavy atom. The van der Waals surface area contributed by atoms with E-state index in [-0.39, 0.29) is 0 Å². The highest BCUT2D eigenvalue weighted by Gasteiger charge is 1.73. The van der Waals surface area contributed by atoms with E-state index in [1.165, 1.54) is 0 Å². The highest BCUT2D eigenvalue weighted by atomic mass is 13.8. The molecule has 0 aromatic heterocycles. The van der Waals surface area contributed by atoms with Crippen molar-refractivity contribution < 1.29 is 0 Å². The molecule has 0 fully saturated rings. The standard InChI is InChI=1S/C12H13/c1-2-4-6-8-10-12-11-9-7-5-3-1/h1-7,10,12H,8,11H2/b2-1-,5-3+,6-4+,9-7?,12-10-. The quantitative estimate of drug-likeness (QED) is 0.473. The summed E-state index contributed by atoms with van der Waals surface area (Å²) in [5.74, 6) is 0. The number of hydrogen-bond acceptors (Lipinski definition) is 0. The van der Waals surface area contributed by atoms with Gasteiger partial charge in [0.2, 0.25) is 0 Å². The zero-order valence-electron chi connectivity index (χ0n) is 7.11. The second-order valence-corrected chi connectivity index (χ2v) is 2.48. The fourth-order valence-corrected chi connectivity index (χ4v) is 0.867. The Balaban J connectivity index is 2.55. The molecular formula is C12H13. The van der Waals surface area contributed by atoms with E-state index in [1.807, 2.05) is 30.4 Å². The lowest BCUT2D eigenvalue weighted by Crippen LogP contribution is -1.63. The molecule has 0 nitrogen and oxygen atoms in total. The van der Waals surface area contributed by atoms with Crippen molar-refractivity contribution in [3.05, 3.63) is 60.8 Å². The molecule has 61 valence electrons. The first-order chi connectivity index (χ1) is 6.00. The van der Waals surface area contributed by atoms with Crippen LogP contribution in [0.15, 0.2) is 54.7 Å². The molecule has 0 saturated carbocycles. The molecule has 0 aromatic rings. The molecular weight excluding hydrogens is 144 g/mol. The molecule has 0 aromatic carbocycles. The lowest BCUT2D eigenvalue weighted by molar-refractivity contribution is 1.28. The fraction of sp³-hybridized carbons (Fsp3) is 0.167. The van der Waals surface area contributed by atoms with Gasteiger partial charge in [0.15, 0.2) is 0 Å². The third-order valence-electron chi connectivity index (χ3n) is 1.47. The minimum Gasteiger partial charge on any atom is -0.0844 e. The van der Waals surface area contributed by atoms with Crippen molar-refractivity contribution in [2.45, 2.75) is 12.8 Å². The fourth-order valence-electron chi connectivity index (χ4n) is 0.867. The van der Waals surface area contributed by atoms with Gasteiger partial charge in [-0.15, -0.1) is 0 Å². The summed E-state index contributed by atoms with van der Waals surface area (Å²) >= 11 is 0. The minimum atomic E-state index is 0.905. The van der Waals surface area contributed by atoms with Crippen LogP contribution in [0.4, 0.5) is 0 Å². The van der Waals surface area contributed by atoms with Gasteiger partial charge in [-0.2, -0.15) is 0 Å². The molecule has 0 atom stereocenters. The summed E-state index contributed by atoms with van der Waals surface area (Å²) in [6.45, 7) is 0. The van der Waals surface area contributed by atoms with Crippen LogP contribution in [0.3, 0.4) is 0 Å². The molecule has 0 heterocycles. The van der Waals surface area contributed by atoms with Gasteiger partial charge in [0.1, 0.15) is 0 Å². The Bertz CT molecular complexity index is 211. The molecule has 0 bridgehead atoms. The van der Waals surface area contributed by atoms with Crippen molar-refractivity contribution in [3.8, 4) is 0 Å². The Morgan fingerprint density at radius 2 is 1.58 bits per heavy atom. The van der Waals surface area contributed by atoms with Crippen LogP contribution >= 0.6 is 0 Å². The molecule has 0 saturated heterocycles. The summed E-state index contributed by atoms with van der Waals surface area (Å²) < 4.78 is 0. The third-order valence-corrected chi connectivity index (χ3v) is 1.47. The topological polar surface area (TPSA) is 0 Å². The summed E-state index contributed by atoms with van der Waals surface area (Å²) in [7, 11) is 0. The highest BCUT2D eigenvalue weighted by molar-refractivity contribution is 5.15. The molecule has 12 heavy (non-hydrogen) atoms. The van der Waals surface area contributed by atoms with Crippen LogP contribution in [0.2, 0.25) is 0 Å². The largest absolute Gasteiger partial charge is 0.0844 e. The number of hydrogen-bond donors (Lipinski definition) is 0. The van der Waals surface area contributed by atoms with Gasteiger partial charge in [0.25, 0.3) is 0 Å². The van der Waals surface area contributed by atoms with Gasteiger partial charge < -0.3 is 0 Å². The highest BCUT2D eigenvalue weighted by Crippen LogP contribution is 1.93.